The van der Waals surface area contributed by atoms with Crippen LogP contribution in [-0.4, -0.2) is 46.5 Å². The van der Waals surface area contributed by atoms with Gasteiger partial charge in [0.25, 0.3) is 5.56 Å². The molecule has 2 heterocycles. The number of aryl methyl sites for hydroxylation is 1. The van der Waals surface area contributed by atoms with Gasteiger partial charge in [0.2, 0.25) is 5.91 Å². The molecule has 0 radical (unpaired) electrons. The van der Waals surface area contributed by atoms with Crippen LogP contribution in [0.2, 0.25) is 0 Å². The van der Waals surface area contributed by atoms with Gasteiger partial charge in [-0.05, 0) is 38.1 Å². The summed E-state index contributed by atoms with van der Waals surface area (Å²) in [4.78, 5) is 30.9. The third kappa shape index (κ3) is 4.93. The second-order valence-corrected chi connectivity index (χ2v) is 6.48. The first-order valence-electron chi connectivity index (χ1n) is 9.13. The van der Waals surface area contributed by atoms with Gasteiger partial charge in [-0.3, -0.25) is 19.1 Å². The van der Waals surface area contributed by atoms with Crippen LogP contribution in [0.4, 0.5) is 0 Å². The van der Waals surface area contributed by atoms with Crippen LogP contribution < -0.4 is 10.9 Å². The molecule has 1 aromatic carbocycles. The Morgan fingerprint density at radius 1 is 1.15 bits per heavy atom. The van der Waals surface area contributed by atoms with Gasteiger partial charge in [-0.25, -0.2) is 4.98 Å². The van der Waals surface area contributed by atoms with Gasteiger partial charge in [0.15, 0.2) is 0 Å². The van der Waals surface area contributed by atoms with Crippen molar-refractivity contribution in [2.45, 2.75) is 32.2 Å². The molecule has 6 heteroatoms. The van der Waals surface area contributed by atoms with E-state index in [1.165, 1.54) is 30.2 Å². The van der Waals surface area contributed by atoms with Crippen molar-refractivity contribution in [1.82, 2.24) is 19.8 Å². The first-order valence-corrected chi connectivity index (χ1v) is 9.13. The molecule has 0 saturated carbocycles. The standard InChI is InChI=1S/C20H24N4O2/c25-19(21-11-4-7-14-23-12-5-1-6-13-23)10-15-24-16-22-18-9-3-2-8-17(18)20(24)26/h2-3,8-9,16H,1,5-6,10-15H2,(H,21,25). The molecule has 1 N–H and O–H groups in total. The van der Waals surface area contributed by atoms with Gasteiger partial charge in [-0.15, -0.1) is 0 Å². The van der Waals surface area contributed by atoms with E-state index in [9.17, 15) is 9.59 Å². The normalized spacial score (nSPS) is 14.6. The predicted octanol–water partition coefficient (Wildman–Crippen LogP) is 1.39. The molecule has 3 rings (SSSR count). The summed E-state index contributed by atoms with van der Waals surface area (Å²) >= 11 is 0. The number of hydrogen-bond donors (Lipinski definition) is 1. The Morgan fingerprint density at radius 2 is 1.96 bits per heavy atom. The van der Waals surface area contributed by atoms with E-state index >= 15 is 0 Å². The van der Waals surface area contributed by atoms with Gasteiger partial charge in [0.05, 0.1) is 30.3 Å². The summed E-state index contributed by atoms with van der Waals surface area (Å²) in [6.07, 6.45) is 5.54. The first-order chi connectivity index (χ1) is 12.7. The van der Waals surface area contributed by atoms with Gasteiger partial charge < -0.3 is 5.32 Å². The molecule has 1 saturated heterocycles. The number of fused-ring (bicyclic) bond motifs is 1. The lowest BCUT2D eigenvalue weighted by Gasteiger charge is -2.23. The highest BCUT2D eigenvalue weighted by molar-refractivity contribution is 5.77. The Hall–Kier alpha value is -2.65. The average molecular weight is 352 g/mol. The van der Waals surface area contributed by atoms with E-state index in [1.54, 1.807) is 12.1 Å². The van der Waals surface area contributed by atoms with Crippen molar-refractivity contribution in [3.8, 4) is 11.8 Å². The Morgan fingerprint density at radius 3 is 2.81 bits per heavy atom. The highest BCUT2D eigenvalue weighted by atomic mass is 16.1. The molecule has 136 valence electrons. The van der Waals surface area contributed by atoms with Gasteiger partial charge in [-0.2, -0.15) is 0 Å². The van der Waals surface area contributed by atoms with Crippen molar-refractivity contribution in [3.05, 3.63) is 40.9 Å². The molecule has 1 amide bonds. The number of rotatable bonds is 5. The molecule has 0 spiro atoms. The molecular formula is C20H24N4O2. The SMILES string of the molecule is O=C(CCn1cnc2ccccc2c1=O)NCC#CCN1CCCCC1. The van der Waals surface area contributed by atoms with Gasteiger partial charge in [-0.1, -0.05) is 30.4 Å². The van der Waals surface area contributed by atoms with Crippen LogP contribution in [0.1, 0.15) is 25.7 Å². The predicted molar refractivity (Wildman–Crippen MR) is 102 cm³/mol. The van der Waals surface area contributed by atoms with Crippen molar-refractivity contribution >= 4 is 16.8 Å². The lowest BCUT2D eigenvalue weighted by Crippen LogP contribution is -2.30. The molecule has 1 aliphatic rings. The number of amides is 1. The summed E-state index contributed by atoms with van der Waals surface area (Å²) in [6.45, 7) is 3.67. The zero-order chi connectivity index (χ0) is 18.2. The fourth-order valence-electron chi connectivity index (χ4n) is 3.07. The van der Waals surface area contributed by atoms with Crippen LogP contribution in [-0.2, 0) is 11.3 Å². The zero-order valence-corrected chi connectivity index (χ0v) is 14.9. The Balaban J connectivity index is 1.43. The molecule has 1 aromatic heterocycles. The van der Waals surface area contributed by atoms with Crippen LogP contribution in [0, 0.1) is 11.8 Å². The van der Waals surface area contributed by atoms with Crippen LogP contribution in [0.25, 0.3) is 10.9 Å². The molecule has 0 bridgehead atoms. The second-order valence-electron chi connectivity index (χ2n) is 6.48. The number of carbonyl (C=O) groups is 1. The molecule has 0 atom stereocenters. The third-order valence-electron chi connectivity index (χ3n) is 4.56. The van der Waals surface area contributed by atoms with Gasteiger partial charge >= 0.3 is 0 Å². The van der Waals surface area contributed by atoms with Gasteiger partial charge in [0, 0.05) is 13.0 Å². The Bertz CT molecular complexity index is 872. The summed E-state index contributed by atoms with van der Waals surface area (Å²) in [5, 5.41) is 3.35. The van der Waals surface area contributed by atoms with Crippen molar-refractivity contribution in [2.75, 3.05) is 26.2 Å². The summed E-state index contributed by atoms with van der Waals surface area (Å²) in [5.41, 5.74) is 0.548. The Labute approximate surface area is 153 Å². The van der Waals surface area contributed by atoms with E-state index in [-0.39, 0.29) is 17.9 Å². The molecule has 6 nitrogen and oxygen atoms in total. The lowest BCUT2D eigenvalue weighted by atomic mass is 10.1. The number of nitrogens with zero attached hydrogens (tertiary/aromatic N) is 3. The number of hydrogen-bond acceptors (Lipinski definition) is 4. The minimum Gasteiger partial charge on any atom is -0.345 e. The number of benzene rings is 1. The molecule has 1 fully saturated rings. The summed E-state index contributed by atoms with van der Waals surface area (Å²) in [6, 6.07) is 7.21. The number of likely N-dealkylation sites (tertiary alicyclic amines) is 1. The van der Waals surface area contributed by atoms with Crippen LogP contribution in [0.15, 0.2) is 35.4 Å². The number of piperidine rings is 1. The molecule has 1 aliphatic heterocycles. The smallest absolute Gasteiger partial charge is 0.261 e. The van der Waals surface area contributed by atoms with Crippen molar-refractivity contribution in [3.63, 3.8) is 0 Å². The van der Waals surface area contributed by atoms with Crippen molar-refractivity contribution in [2.24, 2.45) is 0 Å². The molecule has 0 aliphatic carbocycles. The highest BCUT2D eigenvalue weighted by Crippen LogP contribution is 2.07. The fourth-order valence-corrected chi connectivity index (χ4v) is 3.07. The number of nitrogens with one attached hydrogen (secondary N) is 1. The highest BCUT2D eigenvalue weighted by Gasteiger charge is 2.08. The number of para-hydroxylation sites is 1. The third-order valence-corrected chi connectivity index (χ3v) is 4.56. The van der Waals surface area contributed by atoms with E-state index < -0.39 is 0 Å². The Kier molecular flexibility index (Phi) is 6.39. The average Bonchev–Trinajstić information content (AvgIpc) is 2.68. The van der Waals surface area contributed by atoms with E-state index in [4.69, 9.17) is 0 Å². The van der Waals surface area contributed by atoms with Crippen molar-refractivity contribution in [1.29, 1.82) is 0 Å². The number of aromatic nitrogens is 2. The molecule has 2 aromatic rings. The lowest BCUT2D eigenvalue weighted by molar-refractivity contribution is -0.121. The molecular weight excluding hydrogens is 328 g/mol. The maximum absolute atomic E-state index is 12.4. The first kappa shape index (κ1) is 18.2. The minimum atomic E-state index is -0.121. The van der Waals surface area contributed by atoms with E-state index in [1.807, 2.05) is 12.1 Å². The maximum Gasteiger partial charge on any atom is 0.261 e. The summed E-state index contributed by atoms with van der Waals surface area (Å²) in [5.74, 6) is 5.99. The molecule has 26 heavy (non-hydrogen) atoms. The number of carbonyl (C=O) groups excluding carboxylic acids is 1. The topological polar surface area (TPSA) is 67.2 Å². The van der Waals surface area contributed by atoms with Crippen molar-refractivity contribution < 1.29 is 4.79 Å². The monoisotopic (exact) mass is 352 g/mol. The molecule has 0 unspecified atom stereocenters. The van der Waals surface area contributed by atoms with Crippen LogP contribution in [0.3, 0.4) is 0 Å². The van der Waals surface area contributed by atoms with Crippen LogP contribution >= 0.6 is 0 Å². The second kappa shape index (κ2) is 9.16. The summed E-state index contributed by atoms with van der Waals surface area (Å²) < 4.78 is 1.48. The minimum absolute atomic E-state index is 0.114. The van der Waals surface area contributed by atoms with E-state index in [2.05, 4.69) is 27.0 Å². The zero-order valence-electron chi connectivity index (χ0n) is 14.9. The largest absolute Gasteiger partial charge is 0.345 e. The van der Waals surface area contributed by atoms with Gasteiger partial charge in [0.1, 0.15) is 0 Å². The van der Waals surface area contributed by atoms with Crippen LogP contribution in [0.5, 0.6) is 0 Å². The van der Waals surface area contributed by atoms with E-state index in [0.29, 0.717) is 24.0 Å². The van der Waals surface area contributed by atoms with E-state index in [0.717, 1.165) is 19.6 Å². The maximum atomic E-state index is 12.4. The summed E-state index contributed by atoms with van der Waals surface area (Å²) in [7, 11) is 0. The fraction of sp³-hybridized carbons (Fsp3) is 0.450. The quantitative estimate of drug-likeness (QED) is 0.826.